The second kappa shape index (κ2) is 64.5. The summed E-state index contributed by atoms with van der Waals surface area (Å²) in [6.45, 7) is 29.9. The second-order valence-corrected chi connectivity index (χ2v) is 32.5. The summed E-state index contributed by atoms with van der Waals surface area (Å²) in [4.78, 5) is 43.8. The molecule has 0 aliphatic carbocycles. The quantitative estimate of drug-likeness (QED) is 0.0422. The molecule has 0 amide bonds. The number of aliphatic hydroxyl groups is 3. The number of aromatic nitrogens is 13. The van der Waals surface area contributed by atoms with Crippen molar-refractivity contribution in [2.75, 3.05) is 0 Å². The van der Waals surface area contributed by atoms with E-state index in [1.165, 1.54) is 150 Å². The van der Waals surface area contributed by atoms with Crippen LogP contribution in [0.1, 0.15) is 108 Å². The topological polar surface area (TPSA) is 269 Å². The van der Waals surface area contributed by atoms with Crippen LogP contribution in [0.2, 0.25) is 0 Å². The van der Waals surface area contributed by atoms with Crippen LogP contribution in [-0.2, 0) is 156 Å². The van der Waals surface area contributed by atoms with Crippen molar-refractivity contribution in [1.29, 1.82) is 0 Å². The molecule has 0 saturated carbocycles. The number of aryl methyl sites for hydroxylation is 13. The van der Waals surface area contributed by atoms with Crippen molar-refractivity contribution < 1.29 is 160 Å². The standard InChI is InChI=1S/C25H23N2.C18H17N2.2C17H15N2.2C10H9N2.C6H5NO2.3C5H8O2.6Ir/c1-17-9-7-10-18(2)24(17)22-14-6-5-13-21(22)23-15-16-27(26-23)25-19(3)11-8-12-20(25)4;1-13-7-6-8-14(2)18(13)16-10-5-4-9-15(16)17-11-12-20(3)19-17;2*1-13-7-6-8-14(2)17(13)19-12-11-16(18-19)15-9-4-3-5-10-15;2*1-12-8-7-10(11-12)9-5-3-2-4-6-9;8-6(9)5-3-1-2-4-7-5;3*1-4(6)3-5(2)7;;;;;;/h5-12,14-16H,1-4H3;4-8,10-12H,1-3H3;2*3-9,11-12H,1-2H3;2*2-5,7-8H,1H3;1-4H,(H,8,9);3*3,6H,1-2H3;;;;;;/q6*-1;;;;;;;;;;. The number of para-hydroxylation sites is 3. The molecular formula is C118H117Ir6N13O8-6. The van der Waals surface area contributed by atoms with Crippen molar-refractivity contribution in [1.82, 2.24) is 63.7 Å². The molecule has 11 aromatic carbocycles. The molecule has 21 nitrogen and oxygen atoms in total. The zero-order chi connectivity index (χ0) is 101. The van der Waals surface area contributed by atoms with E-state index in [0.717, 1.165) is 84.6 Å². The summed E-state index contributed by atoms with van der Waals surface area (Å²) < 4.78 is 11.3. The van der Waals surface area contributed by atoms with E-state index in [1.807, 2.05) is 229 Å². The van der Waals surface area contributed by atoms with Crippen LogP contribution in [0.4, 0.5) is 0 Å². The molecular weight excluding hydrogens is 2880 g/mol. The molecule has 6 radical (unpaired) electrons. The van der Waals surface area contributed by atoms with Crippen molar-refractivity contribution in [3.63, 3.8) is 0 Å². The number of nitrogens with zero attached hydrogens (tertiary/aromatic N) is 13. The van der Waals surface area contributed by atoms with Crippen molar-refractivity contribution in [2.45, 2.75) is 111 Å². The van der Waals surface area contributed by atoms with E-state index in [1.54, 1.807) is 21.5 Å². The van der Waals surface area contributed by atoms with Gasteiger partial charge in [0.05, 0.1) is 34.3 Å². The van der Waals surface area contributed by atoms with Gasteiger partial charge >= 0.3 is 5.97 Å². The number of carbonyl (C=O) groups excluding carboxylic acids is 3. The minimum Gasteiger partial charge on any atom is -0.512 e. The average Bonchev–Trinajstić information content (AvgIpc) is 1.78. The minimum atomic E-state index is -0.990. The number of pyridine rings is 1. The number of carbonyl (C=O) groups is 4. The first-order valence-corrected chi connectivity index (χ1v) is 44.8. The van der Waals surface area contributed by atoms with Crippen molar-refractivity contribution in [3.05, 3.63) is 456 Å². The number of aliphatic hydroxyl groups excluding tert-OH is 3. The SMILES string of the molecule is CC(=O)C=C(C)O.CC(=O)C=C(C)O.CC(=O)C=C(C)O.Cc1cccc(C)c1-c1ccc[c-]c1-c1ccn(-c2c(C)cccc2C)n1.Cc1cccc(C)c1-c1ccc[c-]c1-c1ccn(C)n1.Cc1cccc(C)c1-n1ccc(-c2[c-]cccc2)n1.Cc1cccc(C)c1-n1ccc(-c2[c-]cccc2)n1.Cn1ccc(-c2[c-]cccc2)n1.Cn1ccc(-c2[c-]cccc2)n1.O=C(O)c1ccccn1.[Ir].[Ir].[Ir].[Ir].[Ir].[Ir]. The molecule has 18 rings (SSSR count). The molecule has 27 heteroatoms. The van der Waals surface area contributed by atoms with Crippen LogP contribution in [-0.4, -0.2) is 107 Å². The molecule has 0 fully saturated rings. The van der Waals surface area contributed by atoms with Crippen LogP contribution < -0.4 is 0 Å². The molecule has 7 heterocycles. The molecule has 4 N–H and O–H groups in total. The molecule has 0 saturated heterocycles. The van der Waals surface area contributed by atoms with Crippen molar-refractivity contribution in [3.8, 4) is 107 Å². The van der Waals surface area contributed by atoms with E-state index in [-0.39, 0.29) is 161 Å². The summed E-state index contributed by atoms with van der Waals surface area (Å²) in [5.74, 6) is -1.18. The molecule has 18 aromatic rings. The summed E-state index contributed by atoms with van der Waals surface area (Å²) in [5.41, 5.74) is 32.9. The number of aromatic carboxylic acids is 1. The number of carboxylic acids is 1. The number of hydrogen-bond donors (Lipinski definition) is 4. The Labute approximate surface area is 933 Å². The Morgan fingerprint density at radius 3 is 0.731 bits per heavy atom. The third kappa shape index (κ3) is 40.1. The molecule has 0 bridgehead atoms. The Kier molecular flexibility index (Phi) is 56.1. The van der Waals surface area contributed by atoms with E-state index in [9.17, 15) is 19.2 Å². The maximum atomic E-state index is 10.1. The third-order valence-corrected chi connectivity index (χ3v) is 20.7. The molecule has 0 unspecified atom stereocenters. The minimum absolute atomic E-state index is 0. The fraction of sp³-hybridized carbons (Fsp3) is 0.161. The summed E-state index contributed by atoms with van der Waals surface area (Å²) in [6.07, 6.45) is 16.8. The number of ketones is 3. The van der Waals surface area contributed by atoms with Crippen LogP contribution in [0.3, 0.4) is 0 Å². The molecule has 0 aliphatic rings. The van der Waals surface area contributed by atoms with E-state index < -0.39 is 5.97 Å². The maximum absolute atomic E-state index is 10.1. The molecule has 762 valence electrons. The van der Waals surface area contributed by atoms with Gasteiger partial charge in [0.25, 0.3) is 0 Å². The van der Waals surface area contributed by atoms with Crippen LogP contribution in [0.25, 0.3) is 107 Å². The van der Waals surface area contributed by atoms with Crippen LogP contribution in [0, 0.1) is 106 Å². The van der Waals surface area contributed by atoms with Crippen LogP contribution >= 0.6 is 0 Å². The summed E-state index contributed by atoms with van der Waals surface area (Å²) in [5, 5.41) is 60.7. The molecule has 0 spiro atoms. The zero-order valence-electron chi connectivity index (χ0n) is 84.1. The number of allylic oxidation sites excluding steroid dienone is 6. The molecule has 0 aliphatic heterocycles. The predicted octanol–water partition coefficient (Wildman–Crippen LogP) is 26.0. The van der Waals surface area contributed by atoms with Gasteiger partial charge in [0, 0.05) is 238 Å². The maximum Gasteiger partial charge on any atom is 0.354 e. The van der Waals surface area contributed by atoms with E-state index >= 15 is 0 Å². The summed E-state index contributed by atoms with van der Waals surface area (Å²) >= 11 is 0. The van der Waals surface area contributed by atoms with Gasteiger partial charge in [-0.25, -0.2) is 54.4 Å². The monoisotopic (exact) mass is 3000 g/mol. The van der Waals surface area contributed by atoms with E-state index in [2.05, 4.69) is 245 Å². The fourth-order valence-electron chi connectivity index (χ4n) is 14.7. The van der Waals surface area contributed by atoms with Gasteiger partial charge in [-0.3, -0.25) is 28.4 Å². The fourth-order valence-corrected chi connectivity index (χ4v) is 14.7. The van der Waals surface area contributed by atoms with Gasteiger partial charge in [-0.1, -0.05) is 178 Å². The number of hydrogen-bond acceptors (Lipinski definition) is 14. The van der Waals surface area contributed by atoms with Crippen molar-refractivity contribution >= 4 is 23.3 Å². The first kappa shape index (κ1) is 126. The Hall–Kier alpha value is -13.2. The van der Waals surface area contributed by atoms with Gasteiger partial charge in [-0.2, -0.15) is 0 Å². The van der Waals surface area contributed by atoms with Crippen LogP contribution in [0.5, 0.6) is 0 Å². The van der Waals surface area contributed by atoms with Gasteiger partial charge in [0.15, 0.2) is 17.3 Å². The van der Waals surface area contributed by atoms with E-state index in [0.29, 0.717) is 0 Å². The van der Waals surface area contributed by atoms with Gasteiger partial charge < -0.3 is 20.4 Å². The second-order valence-electron chi connectivity index (χ2n) is 32.5. The summed E-state index contributed by atoms with van der Waals surface area (Å²) in [6, 6.07) is 112. The Morgan fingerprint density at radius 1 is 0.262 bits per heavy atom. The third-order valence-electron chi connectivity index (χ3n) is 20.7. The Balaban J connectivity index is 0.000000425. The smallest absolute Gasteiger partial charge is 0.354 e. The summed E-state index contributed by atoms with van der Waals surface area (Å²) in [7, 11) is 5.75. The Bertz CT molecular complexity index is 6770. The number of carboxylic acid groups (broad SMARTS) is 1. The zero-order valence-corrected chi connectivity index (χ0v) is 98.4. The largest absolute Gasteiger partial charge is 0.512 e. The van der Waals surface area contributed by atoms with Gasteiger partial charge in [0.2, 0.25) is 0 Å². The Morgan fingerprint density at radius 2 is 0.503 bits per heavy atom. The van der Waals surface area contributed by atoms with Gasteiger partial charge in [-0.05, 0) is 156 Å². The molecule has 0 atom stereocenters. The predicted molar refractivity (Wildman–Crippen MR) is 557 cm³/mol. The number of rotatable bonds is 15. The molecule has 145 heavy (non-hydrogen) atoms. The normalized spacial score (nSPS) is 10.2. The first-order valence-electron chi connectivity index (χ1n) is 44.8. The van der Waals surface area contributed by atoms with Gasteiger partial charge in [0.1, 0.15) is 5.69 Å². The van der Waals surface area contributed by atoms with Crippen LogP contribution in [0.15, 0.2) is 358 Å². The van der Waals surface area contributed by atoms with E-state index in [4.69, 9.17) is 25.5 Å². The van der Waals surface area contributed by atoms with Crippen molar-refractivity contribution in [2.24, 2.45) is 21.1 Å². The average molecular weight is 3000 g/mol. The first-order chi connectivity index (χ1) is 66.6. The van der Waals surface area contributed by atoms with Gasteiger partial charge in [-0.15, -0.1) is 203 Å². The molecule has 7 aromatic heterocycles. The number of benzene rings is 11.